The Kier molecular flexibility index (Phi) is 9.70. The van der Waals surface area contributed by atoms with Crippen molar-refractivity contribution in [3.8, 4) is 17.4 Å². The van der Waals surface area contributed by atoms with E-state index in [1.807, 2.05) is 7.05 Å². The molecule has 0 saturated carbocycles. The van der Waals surface area contributed by atoms with E-state index in [9.17, 15) is 22.4 Å². The number of benzene rings is 2. The summed E-state index contributed by atoms with van der Waals surface area (Å²) in [5.74, 6) is -2.52. The predicted molar refractivity (Wildman–Crippen MR) is 154 cm³/mol. The molecule has 3 aromatic rings. The second kappa shape index (κ2) is 13.5. The van der Waals surface area contributed by atoms with Crippen LogP contribution in [0.3, 0.4) is 0 Å². The van der Waals surface area contributed by atoms with Crippen LogP contribution in [0.15, 0.2) is 36.5 Å². The minimum absolute atomic E-state index is 0.0242. The van der Waals surface area contributed by atoms with Crippen LogP contribution in [0.5, 0.6) is 17.4 Å². The average molecular weight is 637 g/mol. The molecule has 2 aliphatic rings. The summed E-state index contributed by atoms with van der Waals surface area (Å²) in [6.45, 7) is 2.72. The quantitative estimate of drug-likeness (QED) is 0.283. The zero-order valence-corrected chi connectivity index (χ0v) is 24.9. The first kappa shape index (κ1) is 32.3. The molecule has 1 atom stereocenters. The van der Waals surface area contributed by atoms with Gasteiger partial charge in [0, 0.05) is 23.9 Å². The first-order chi connectivity index (χ1) is 21.5. The molecule has 2 N–H and O–H groups in total. The van der Waals surface area contributed by atoms with E-state index in [-0.39, 0.29) is 53.9 Å². The van der Waals surface area contributed by atoms with Gasteiger partial charge in [-0.15, -0.1) is 0 Å². The van der Waals surface area contributed by atoms with Crippen LogP contribution in [0.25, 0.3) is 0 Å². The fraction of sp³-hybridized carbons (Fsp3) is 0.433. The first-order valence-electron chi connectivity index (χ1n) is 14.3. The highest BCUT2D eigenvalue weighted by Gasteiger charge is 2.37. The number of halogens is 5. The molecule has 5 rings (SSSR count). The number of methoxy groups -OCH3 is 1. The van der Waals surface area contributed by atoms with Gasteiger partial charge in [-0.05, 0) is 57.6 Å². The molecule has 3 heterocycles. The van der Waals surface area contributed by atoms with Crippen molar-refractivity contribution < 1.29 is 41.1 Å². The van der Waals surface area contributed by atoms with Gasteiger partial charge in [0.2, 0.25) is 11.8 Å². The van der Waals surface area contributed by atoms with Gasteiger partial charge in [0.1, 0.15) is 29.6 Å². The van der Waals surface area contributed by atoms with E-state index in [1.165, 1.54) is 24.3 Å². The van der Waals surface area contributed by atoms with Gasteiger partial charge in [-0.2, -0.15) is 23.2 Å². The molecule has 1 amide bonds. The second-order valence-electron chi connectivity index (χ2n) is 10.8. The van der Waals surface area contributed by atoms with Gasteiger partial charge in [0.05, 0.1) is 37.6 Å². The van der Waals surface area contributed by atoms with Crippen molar-refractivity contribution in [2.75, 3.05) is 45.8 Å². The molecule has 0 aliphatic carbocycles. The summed E-state index contributed by atoms with van der Waals surface area (Å²) in [7, 11) is 3.29. The second-order valence-corrected chi connectivity index (χ2v) is 10.8. The minimum atomic E-state index is -4.86. The molecule has 0 unspecified atom stereocenters. The summed E-state index contributed by atoms with van der Waals surface area (Å²) in [4.78, 5) is 28.3. The van der Waals surface area contributed by atoms with E-state index in [0.29, 0.717) is 17.3 Å². The number of carbonyl (C=O) groups excluding carboxylic acids is 1. The van der Waals surface area contributed by atoms with Crippen molar-refractivity contribution in [2.45, 2.75) is 44.6 Å². The lowest BCUT2D eigenvalue weighted by Gasteiger charge is -2.34. The van der Waals surface area contributed by atoms with Crippen molar-refractivity contribution in [1.82, 2.24) is 25.2 Å². The van der Waals surface area contributed by atoms with Crippen molar-refractivity contribution in [2.24, 2.45) is 0 Å². The van der Waals surface area contributed by atoms with Crippen LogP contribution < -0.4 is 20.1 Å². The number of nitrogens with zero attached hydrogens (tertiary/aromatic N) is 4. The Hall–Kier alpha value is -4.08. The summed E-state index contributed by atoms with van der Waals surface area (Å²) >= 11 is 0. The van der Waals surface area contributed by atoms with Gasteiger partial charge in [-0.3, -0.25) is 9.63 Å². The normalized spacial score (nSPS) is 17.9. The van der Waals surface area contributed by atoms with Crippen LogP contribution in [0.1, 0.15) is 52.9 Å². The highest BCUT2D eigenvalue weighted by molar-refractivity contribution is 5.96. The number of hydrogen-bond acceptors (Lipinski definition) is 9. The van der Waals surface area contributed by atoms with E-state index in [4.69, 9.17) is 14.3 Å². The molecule has 1 aromatic heterocycles. The van der Waals surface area contributed by atoms with Crippen LogP contribution in [-0.4, -0.2) is 72.3 Å². The topological polar surface area (TPSA) is 101 Å². The van der Waals surface area contributed by atoms with E-state index in [1.54, 1.807) is 19.1 Å². The lowest BCUT2D eigenvalue weighted by molar-refractivity contribution is -0.207. The van der Waals surface area contributed by atoms with Gasteiger partial charge in [-0.1, -0.05) is 12.1 Å². The highest BCUT2D eigenvalue weighted by Crippen LogP contribution is 2.41. The SMILES string of the molecule is COc1cc(C(=O)NC2CCN(C)CC2)c(F)cc1Nc1ncc(C(F)(F)F)c(Oc2cccc3c2CON(CCF)[C@@H]3C)n1. The standard InChI is InChI=1S/C30H33F5N6O4/c1-17-19-5-4-6-25(21(19)16-44-41(17)12-9-31)45-28-22(30(33,34)35)15-36-29(39-28)38-24-14-23(32)20(13-26(24)43-3)27(42)37-18-7-10-40(2)11-8-18/h4-6,13-15,17-18H,7-12,16H2,1-3H3,(H,37,42)(H,36,38,39)/t17-/m1/s1. The molecule has 0 bridgehead atoms. The Morgan fingerprint density at radius 1 is 1.18 bits per heavy atom. The third-order valence-corrected chi connectivity index (χ3v) is 7.83. The molecule has 1 saturated heterocycles. The highest BCUT2D eigenvalue weighted by atomic mass is 19.4. The van der Waals surface area contributed by atoms with E-state index in [0.717, 1.165) is 32.0 Å². The molecule has 242 valence electrons. The molecule has 1 fully saturated rings. The Bertz CT molecular complexity index is 1530. The molecule has 45 heavy (non-hydrogen) atoms. The van der Waals surface area contributed by atoms with Crippen molar-refractivity contribution >= 4 is 17.5 Å². The number of anilines is 2. The summed E-state index contributed by atoms with van der Waals surface area (Å²) in [6, 6.07) is 6.55. The molecule has 15 heteroatoms. The molecule has 2 aliphatic heterocycles. The lowest BCUT2D eigenvalue weighted by Crippen LogP contribution is -2.43. The van der Waals surface area contributed by atoms with E-state index >= 15 is 4.39 Å². The molecule has 0 spiro atoms. The third kappa shape index (κ3) is 7.26. The molecular weight excluding hydrogens is 603 g/mol. The summed E-state index contributed by atoms with van der Waals surface area (Å²) in [5, 5.41) is 6.97. The fourth-order valence-corrected chi connectivity index (χ4v) is 5.31. The molecule has 10 nitrogen and oxygen atoms in total. The maximum absolute atomic E-state index is 15.2. The van der Waals surface area contributed by atoms with Crippen LogP contribution in [0.4, 0.5) is 33.6 Å². The van der Waals surface area contributed by atoms with Crippen molar-refractivity contribution in [1.29, 1.82) is 0 Å². The van der Waals surface area contributed by atoms with Gasteiger partial charge in [0.15, 0.2) is 0 Å². The number of piperidine rings is 1. The predicted octanol–water partition coefficient (Wildman–Crippen LogP) is 5.78. The maximum atomic E-state index is 15.2. The van der Waals surface area contributed by atoms with Crippen LogP contribution >= 0.6 is 0 Å². The number of fused-ring (bicyclic) bond motifs is 1. The maximum Gasteiger partial charge on any atom is 0.423 e. The van der Waals surface area contributed by atoms with Gasteiger partial charge in [0.25, 0.3) is 5.91 Å². The van der Waals surface area contributed by atoms with Crippen LogP contribution in [0, 0.1) is 5.82 Å². The molecular formula is C30H33F5N6O4. The number of likely N-dealkylation sites (tertiary alicyclic amines) is 1. The zero-order valence-electron chi connectivity index (χ0n) is 24.9. The third-order valence-electron chi connectivity index (χ3n) is 7.83. The Balaban J connectivity index is 1.41. The van der Waals surface area contributed by atoms with E-state index < -0.39 is 36.0 Å². The number of alkyl halides is 4. The molecule has 2 aromatic carbocycles. The smallest absolute Gasteiger partial charge is 0.423 e. The van der Waals surface area contributed by atoms with Crippen molar-refractivity contribution in [3.63, 3.8) is 0 Å². The summed E-state index contributed by atoms with van der Waals surface area (Å²) in [5.41, 5.74) is -0.325. The Morgan fingerprint density at radius 3 is 2.62 bits per heavy atom. The largest absolute Gasteiger partial charge is 0.495 e. The fourth-order valence-electron chi connectivity index (χ4n) is 5.31. The minimum Gasteiger partial charge on any atom is -0.495 e. The average Bonchev–Trinajstić information content (AvgIpc) is 3.00. The van der Waals surface area contributed by atoms with Gasteiger partial charge in [-0.25, -0.2) is 13.8 Å². The number of aromatic nitrogens is 2. The van der Waals surface area contributed by atoms with Gasteiger partial charge < -0.3 is 25.0 Å². The number of hydroxylamine groups is 2. The number of carbonyl (C=O) groups is 1. The first-order valence-corrected chi connectivity index (χ1v) is 14.3. The Labute approximate surface area is 256 Å². The molecule has 0 radical (unpaired) electrons. The van der Waals surface area contributed by atoms with Crippen LogP contribution in [-0.2, 0) is 17.6 Å². The van der Waals surface area contributed by atoms with Gasteiger partial charge >= 0.3 is 6.18 Å². The van der Waals surface area contributed by atoms with Crippen LogP contribution in [0.2, 0.25) is 0 Å². The number of ether oxygens (including phenoxy) is 2. The summed E-state index contributed by atoms with van der Waals surface area (Å²) < 4.78 is 81.1. The number of rotatable bonds is 9. The number of nitrogens with one attached hydrogen (secondary N) is 2. The van der Waals surface area contributed by atoms with E-state index in [2.05, 4.69) is 25.5 Å². The number of amides is 1. The monoisotopic (exact) mass is 636 g/mol. The number of hydrogen-bond donors (Lipinski definition) is 2. The lowest BCUT2D eigenvalue weighted by atomic mass is 9.99. The summed E-state index contributed by atoms with van der Waals surface area (Å²) in [6.07, 6.45) is -2.86. The zero-order chi connectivity index (χ0) is 32.3. The Morgan fingerprint density at radius 2 is 1.93 bits per heavy atom. The van der Waals surface area contributed by atoms with Crippen molar-refractivity contribution in [3.05, 3.63) is 64.6 Å².